The maximum absolute atomic E-state index is 13.5. The Labute approximate surface area is 196 Å². The summed E-state index contributed by atoms with van der Waals surface area (Å²) < 4.78 is 0. The van der Waals surface area contributed by atoms with Gasteiger partial charge in [0.2, 0.25) is 0 Å². The maximum atomic E-state index is 13.5. The first-order valence-corrected chi connectivity index (χ1v) is 10.8. The third-order valence-corrected chi connectivity index (χ3v) is 5.64. The smallest absolute Gasteiger partial charge is 0.255 e. The molecule has 2 heterocycles. The highest BCUT2D eigenvalue weighted by Crippen LogP contribution is 2.32. The SMILES string of the molecule is Nc1cc(Nc2ccc(NC(=O)C(c3ccccc3)N3Cc4ccccc4C3=O)cc2)ncn1. The van der Waals surface area contributed by atoms with Gasteiger partial charge in [0.15, 0.2) is 0 Å². The number of benzene rings is 3. The van der Waals surface area contributed by atoms with E-state index in [0.717, 1.165) is 16.8 Å². The van der Waals surface area contributed by atoms with E-state index in [1.165, 1.54) is 6.33 Å². The molecule has 0 aliphatic carbocycles. The van der Waals surface area contributed by atoms with E-state index < -0.39 is 6.04 Å². The van der Waals surface area contributed by atoms with Crippen molar-refractivity contribution in [1.82, 2.24) is 14.9 Å². The minimum atomic E-state index is -0.761. The molecule has 2 amide bonds. The van der Waals surface area contributed by atoms with Crippen LogP contribution in [0.5, 0.6) is 0 Å². The lowest BCUT2D eigenvalue weighted by atomic mass is 10.0. The predicted molar refractivity (Wildman–Crippen MR) is 130 cm³/mol. The van der Waals surface area contributed by atoms with Gasteiger partial charge in [0.05, 0.1) is 0 Å². The van der Waals surface area contributed by atoms with Crippen molar-refractivity contribution in [2.45, 2.75) is 12.6 Å². The maximum Gasteiger partial charge on any atom is 0.255 e. The lowest BCUT2D eigenvalue weighted by Gasteiger charge is -2.27. The molecule has 1 aliphatic rings. The molecule has 4 aromatic rings. The molecule has 0 radical (unpaired) electrons. The molecule has 0 saturated carbocycles. The Morgan fingerprint density at radius 1 is 0.912 bits per heavy atom. The molecule has 1 aliphatic heterocycles. The highest BCUT2D eigenvalue weighted by molar-refractivity contribution is 6.04. The zero-order chi connectivity index (χ0) is 23.5. The number of nitrogens with one attached hydrogen (secondary N) is 2. The van der Waals surface area contributed by atoms with E-state index in [9.17, 15) is 9.59 Å². The molecule has 0 fully saturated rings. The fourth-order valence-corrected chi connectivity index (χ4v) is 4.03. The molecule has 4 N–H and O–H groups in total. The normalized spacial score (nSPS) is 13.3. The van der Waals surface area contributed by atoms with Crippen LogP contribution in [-0.4, -0.2) is 26.7 Å². The molecule has 1 atom stereocenters. The number of nitrogen functional groups attached to an aromatic ring is 1. The van der Waals surface area contributed by atoms with Gasteiger partial charge in [0.25, 0.3) is 11.8 Å². The Kier molecular flexibility index (Phi) is 5.61. The zero-order valence-electron chi connectivity index (χ0n) is 18.2. The monoisotopic (exact) mass is 450 g/mol. The summed E-state index contributed by atoms with van der Waals surface area (Å²) >= 11 is 0. The molecule has 0 spiro atoms. The van der Waals surface area contributed by atoms with Crippen molar-refractivity contribution in [3.63, 3.8) is 0 Å². The van der Waals surface area contributed by atoms with Crippen LogP contribution >= 0.6 is 0 Å². The number of hydrogen-bond donors (Lipinski definition) is 3. The number of nitrogens with zero attached hydrogens (tertiary/aromatic N) is 3. The number of carbonyl (C=O) groups excluding carboxylic acids is 2. The molecule has 3 aromatic carbocycles. The van der Waals surface area contributed by atoms with E-state index in [1.54, 1.807) is 29.2 Å². The van der Waals surface area contributed by atoms with Crippen molar-refractivity contribution in [2.75, 3.05) is 16.4 Å². The topological polar surface area (TPSA) is 113 Å². The quantitative estimate of drug-likeness (QED) is 0.407. The van der Waals surface area contributed by atoms with Crippen molar-refractivity contribution >= 4 is 34.8 Å². The van der Waals surface area contributed by atoms with Gasteiger partial charge in [-0.15, -0.1) is 0 Å². The van der Waals surface area contributed by atoms with Crippen molar-refractivity contribution in [2.24, 2.45) is 0 Å². The summed E-state index contributed by atoms with van der Waals surface area (Å²) in [5.74, 6) is 0.507. The van der Waals surface area contributed by atoms with Crippen LogP contribution in [0.1, 0.15) is 27.5 Å². The van der Waals surface area contributed by atoms with E-state index >= 15 is 0 Å². The summed E-state index contributed by atoms with van der Waals surface area (Å²) in [6.07, 6.45) is 1.38. The standard InChI is InChI=1S/C26H22N6O2/c27-22-14-23(29-16-28-22)30-19-10-12-20(13-11-19)31-25(33)24(17-6-2-1-3-7-17)32-15-18-8-4-5-9-21(18)26(32)34/h1-14,16,24H,15H2,(H,31,33)(H3,27,28,29,30). The summed E-state index contributed by atoms with van der Waals surface area (Å²) in [6, 6.07) is 24.9. The van der Waals surface area contributed by atoms with Crippen LogP contribution in [0.25, 0.3) is 0 Å². The molecule has 5 rings (SSSR count). The third-order valence-electron chi connectivity index (χ3n) is 5.64. The molecule has 8 nitrogen and oxygen atoms in total. The van der Waals surface area contributed by atoms with Gasteiger partial charge in [-0.25, -0.2) is 9.97 Å². The fourth-order valence-electron chi connectivity index (χ4n) is 4.03. The van der Waals surface area contributed by atoms with Gasteiger partial charge in [-0.1, -0.05) is 48.5 Å². The van der Waals surface area contributed by atoms with Crippen molar-refractivity contribution < 1.29 is 9.59 Å². The zero-order valence-corrected chi connectivity index (χ0v) is 18.2. The van der Waals surface area contributed by atoms with Crippen molar-refractivity contribution in [1.29, 1.82) is 0 Å². The number of hydrogen-bond acceptors (Lipinski definition) is 6. The van der Waals surface area contributed by atoms with Crippen LogP contribution in [0.3, 0.4) is 0 Å². The second-order valence-electron chi connectivity index (χ2n) is 7.92. The van der Waals surface area contributed by atoms with Gasteiger partial charge in [0, 0.05) is 29.5 Å². The molecule has 1 unspecified atom stereocenters. The minimum absolute atomic E-state index is 0.150. The molecule has 168 valence electrons. The van der Waals surface area contributed by atoms with Crippen LogP contribution in [-0.2, 0) is 11.3 Å². The summed E-state index contributed by atoms with van der Waals surface area (Å²) in [6.45, 7) is 0.382. The number of anilines is 4. The van der Waals surface area contributed by atoms with Crippen LogP contribution in [0.2, 0.25) is 0 Å². The van der Waals surface area contributed by atoms with Gasteiger partial charge in [-0.05, 0) is 41.5 Å². The number of carbonyl (C=O) groups is 2. The lowest BCUT2D eigenvalue weighted by molar-refractivity contribution is -0.120. The minimum Gasteiger partial charge on any atom is -0.384 e. The Bertz CT molecular complexity index is 1340. The fraction of sp³-hybridized carbons (Fsp3) is 0.0769. The van der Waals surface area contributed by atoms with E-state index in [4.69, 9.17) is 5.73 Å². The van der Waals surface area contributed by atoms with E-state index in [1.807, 2.05) is 60.7 Å². The van der Waals surface area contributed by atoms with Crippen molar-refractivity contribution in [3.05, 3.63) is 108 Å². The lowest BCUT2D eigenvalue weighted by Crippen LogP contribution is -2.37. The Morgan fingerprint density at radius 2 is 1.62 bits per heavy atom. The molecule has 0 saturated heterocycles. The second-order valence-corrected chi connectivity index (χ2v) is 7.92. The molecular weight excluding hydrogens is 428 g/mol. The number of amides is 2. The van der Waals surface area contributed by atoms with E-state index in [2.05, 4.69) is 20.6 Å². The molecule has 34 heavy (non-hydrogen) atoms. The Hall–Kier alpha value is -4.72. The van der Waals surface area contributed by atoms with Crippen molar-refractivity contribution in [3.8, 4) is 0 Å². The summed E-state index contributed by atoms with van der Waals surface area (Å²) in [7, 11) is 0. The number of nitrogens with two attached hydrogens (primary N) is 1. The predicted octanol–water partition coefficient (Wildman–Crippen LogP) is 4.14. The van der Waals surface area contributed by atoms with E-state index in [-0.39, 0.29) is 11.8 Å². The number of rotatable bonds is 6. The Morgan fingerprint density at radius 3 is 2.35 bits per heavy atom. The first kappa shape index (κ1) is 21.1. The molecular formula is C26H22N6O2. The van der Waals surface area contributed by atoms with Crippen LogP contribution < -0.4 is 16.4 Å². The summed E-state index contributed by atoms with van der Waals surface area (Å²) in [4.78, 5) is 36.2. The van der Waals surface area contributed by atoms with Crippen LogP contribution in [0, 0.1) is 0 Å². The van der Waals surface area contributed by atoms with Gasteiger partial charge in [-0.2, -0.15) is 0 Å². The summed E-state index contributed by atoms with van der Waals surface area (Å²) in [5, 5.41) is 6.10. The molecule has 8 heteroatoms. The average Bonchev–Trinajstić information content (AvgIpc) is 3.17. The summed E-state index contributed by atoms with van der Waals surface area (Å²) in [5.41, 5.74) is 9.39. The number of aromatic nitrogens is 2. The van der Waals surface area contributed by atoms with E-state index in [0.29, 0.717) is 29.4 Å². The average molecular weight is 451 g/mol. The van der Waals surface area contributed by atoms with Gasteiger partial charge >= 0.3 is 0 Å². The first-order chi connectivity index (χ1) is 16.6. The second kappa shape index (κ2) is 9.03. The first-order valence-electron chi connectivity index (χ1n) is 10.8. The van der Waals surface area contributed by atoms with Gasteiger partial charge < -0.3 is 21.3 Å². The molecule has 0 bridgehead atoms. The Balaban J connectivity index is 1.36. The van der Waals surface area contributed by atoms with Gasteiger partial charge in [0.1, 0.15) is 24.0 Å². The van der Waals surface area contributed by atoms with Gasteiger partial charge in [-0.3, -0.25) is 9.59 Å². The largest absolute Gasteiger partial charge is 0.384 e. The highest BCUT2D eigenvalue weighted by atomic mass is 16.2. The van der Waals surface area contributed by atoms with Crippen LogP contribution in [0.15, 0.2) is 91.3 Å². The van der Waals surface area contributed by atoms with Crippen LogP contribution in [0.4, 0.5) is 23.0 Å². The number of fused-ring (bicyclic) bond motifs is 1. The highest BCUT2D eigenvalue weighted by Gasteiger charge is 2.37. The third kappa shape index (κ3) is 4.29. The molecule has 1 aromatic heterocycles.